The lowest BCUT2D eigenvalue weighted by atomic mass is 9.85. The van der Waals surface area contributed by atoms with E-state index in [0.717, 1.165) is 21.3 Å². The monoisotopic (exact) mass is 477 g/mol. The second kappa shape index (κ2) is 11.4. The molecule has 1 saturated carbocycles. The average Bonchev–Trinajstić information content (AvgIpc) is 2.85. The van der Waals surface area contributed by atoms with Crippen molar-refractivity contribution in [1.29, 1.82) is 0 Å². The molecule has 1 aliphatic rings. The van der Waals surface area contributed by atoms with Gasteiger partial charge in [0.2, 0.25) is 0 Å². The van der Waals surface area contributed by atoms with E-state index in [1.54, 1.807) is 20.4 Å². The van der Waals surface area contributed by atoms with Gasteiger partial charge in [-0.2, -0.15) is 0 Å². The maximum Gasteiger partial charge on any atom is 0.162 e. The van der Waals surface area contributed by atoms with Crippen molar-refractivity contribution in [2.75, 3.05) is 14.2 Å². The molecule has 0 saturated heterocycles. The number of Topliss-reactive ketones (excluding diaryl/α,β-unsaturated/α-hetero) is 1. The number of ether oxygens (including phenoxy) is 3. The number of ketones is 1. The third-order valence-corrected chi connectivity index (χ3v) is 6.68. The largest absolute Gasteiger partial charge is 0.493 e. The van der Waals surface area contributed by atoms with Crippen LogP contribution in [0.5, 0.6) is 23.0 Å². The zero-order valence-corrected chi connectivity index (χ0v) is 20.7. The number of fused-ring (bicyclic) bond motifs is 1. The Morgan fingerprint density at radius 2 is 1.68 bits per heavy atom. The highest BCUT2D eigenvalue weighted by molar-refractivity contribution is 7.80. The highest BCUT2D eigenvalue weighted by Crippen LogP contribution is 2.37. The van der Waals surface area contributed by atoms with Gasteiger partial charge in [0.05, 0.1) is 19.7 Å². The third kappa shape index (κ3) is 6.11. The van der Waals surface area contributed by atoms with Crippen molar-refractivity contribution in [2.45, 2.75) is 51.4 Å². The number of nitrogens with zero attached hydrogens (tertiary/aromatic N) is 1. The van der Waals surface area contributed by atoms with Gasteiger partial charge in [-0.1, -0.05) is 56.5 Å². The first-order chi connectivity index (χ1) is 16.6. The van der Waals surface area contributed by atoms with E-state index in [4.69, 9.17) is 26.4 Å². The van der Waals surface area contributed by atoms with E-state index in [9.17, 15) is 4.79 Å². The van der Waals surface area contributed by atoms with E-state index < -0.39 is 0 Å². The topological polar surface area (TPSA) is 57.7 Å². The number of rotatable bonds is 10. The molecule has 0 aliphatic heterocycles. The summed E-state index contributed by atoms with van der Waals surface area (Å²) in [7, 11) is 3.21. The van der Waals surface area contributed by atoms with Crippen LogP contribution in [0.1, 0.15) is 50.5 Å². The Kier molecular flexibility index (Phi) is 8.12. The van der Waals surface area contributed by atoms with Crippen LogP contribution in [0, 0.1) is 5.92 Å². The van der Waals surface area contributed by atoms with Crippen molar-refractivity contribution in [3.8, 4) is 23.0 Å². The number of methoxy groups -OCH3 is 2. The minimum atomic E-state index is 0.286. The van der Waals surface area contributed by atoms with Crippen LogP contribution >= 0.6 is 12.2 Å². The van der Waals surface area contributed by atoms with Gasteiger partial charge in [0.15, 0.2) is 11.5 Å². The fraction of sp³-hybridized carbons (Fsp3) is 0.393. The Hall–Kier alpha value is -2.99. The van der Waals surface area contributed by atoms with Crippen LogP contribution in [-0.2, 0) is 11.2 Å². The summed E-state index contributed by atoms with van der Waals surface area (Å²) < 4.78 is 16.9. The first kappa shape index (κ1) is 24.1. The van der Waals surface area contributed by atoms with Gasteiger partial charge in [-0.25, -0.2) is 0 Å². The molecule has 6 heteroatoms. The molecule has 0 N–H and O–H groups in total. The van der Waals surface area contributed by atoms with Crippen LogP contribution in [0.15, 0.2) is 48.7 Å². The smallest absolute Gasteiger partial charge is 0.162 e. The summed E-state index contributed by atoms with van der Waals surface area (Å²) in [6, 6.07) is 13.4. The number of carbonyl (C=O) groups excluding carboxylic acids is 1. The molecule has 0 unspecified atom stereocenters. The van der Waals surface area contributed by atoms with Gasteiger partial charge in [0, 0.05) is 41.8 Å². The Bertz CT molecular complexity index is 1150. The second-order valence-corrected chi connectivity index (χ2v) is 9.50. The molecule has 0 amide bonds. The van der Waals surface area contributed by atoms with Crippen LogP contribution in [0.25, 0.3) is 10.9 Å². The van der Waals surface area contributed by atoms with Crippen molar-refractivity contribution >= 4 is 33.8 Å². The molecule has 0 bridgehead atoms. The maximum atomic E-state index is 12.4. The van der Waals surface area contributed by atoms with Crippen molar-refractivity contribution < 1.29 is 19.0 Å². The lowest BCUT2D eigenvalue weighted by Gasteiger charge is -2.20. The summed E-state index contributed by atoms with van der Waals surface area (Å²) in [4.78, 5) is 17.7. The van der Waals surface area contributed by atoms with Crippen molar-refractivity contribution in [3.63, 3.8) is 0 Å². The molecule has 0 radical (unpaired) electrons. The molecule has 1 aliphatic carbocycles. The molecule has 1 fully saturated rings. The predicted molar refractivity (Wildman–Crippen MR) is 138 cm³/mol. The number of benzene rings is 2. The number of thiocarbonyl (C=S) groups is 1. The van der Waals surface area contributed by atoms with Crippen molar-refractivity contribution in [3.05, 3.63) is 54.2 Å². The molecule has 34 heavy (non-hydrogen) atoms. The van der Waals surface area contributed by atoms with Gasteiger partial charge < -0.3 is 14.2 Å². The molecule has 1 heterocycles. The van der Waals surface area contributed by atoms with Gasteiger partial charge in [0.25, 0.3) is 0 Å². The minimum Gasteiger partial charge on any atom is -0.493 e. The fourth-order valence-electron chi connectivity index (χ4n) is 4.63. The third-order valence-electron chi connectivity index (χ3n) is 6.39. The molecule has 2 aromatic carbocycles. The van der Waals surface area contributed by atoms with Crippen molar-refractivity contribution in [1.82, 2.24) is 4.98 Å². The molecular weight excluding hydrogens is 446 g/mol. The van der Waals surface area contributed by atoms with E-state index in [1.165, 1.54) is 32.1 Å². The minimum absolute atomic E-state index is 0.286. The molecule has 178 valence electrons. The molecule has 4 rings (SSSR count). The standard InChI is InChI=1S/C28H31NO4S/c1-31-27-17-24-25(18-28(27)32-2)29-13-12-26(24)33-22-10-8-20(9-11-22)15-23(34)16-21(30)14-19-6-4-3-5-7-19/h8-13,17-19H,3-7,14-16H2,1-2H3. The van der Waals surface area contributed by atoms with Crippen LogP contribution in [0.4, 0.5) is 0 Å². The SMILES string of the molecule is COc1cc2nccc(Oc3ccc(CC(=S)CC(=O)CC4CCCCC4)cc3)c2cc1OC. The lowest BCUT2D eigenvalue weighted by Crippen LogP contribution is -2.15. The zero-order valence-electron chi connectivity index (χ0n) is 19.8. The zero-order chi connectivity index (χ0) is 23.9. The van der Waals surface area contributed by atoms with Gasteiger partial charge in [-0.15, -0.1) is 0 Å². The van der Waals surface area contributed by atoms with Gasteiger partial charge >= 0.3 is 0 Å². The van der Waals surface area contributed by atoms with E-state index in [2.05, 4.69) is 4.98 Å². The highest BCUT2D eigenvalue weighted by Gasteiger charge is 2.18. The van der Waals surface area contributed by atoms with Gasteiger partial charge in [0.1, 0.15) is 17.3 Å². The Balaban J connectivity index is 1.37. The molecular formula is C28H31NO4S. The summed E-state index contributed by atoms with van der Waals surface area (Å²) >= 11 is 5.53. The fourth-order valence-corrected chi connectivity index (χ4v) is 4.96. The van der Waals surface area contributed by atoms with E-state index in [-0.39, 0.29) is 5.78 Å². The number of hydrogen-bond acceptors (Lipinski definition) is 6. The maximum absolute atomic E-state index is 12.4. The van der Waals surface area contributed by atoms with Crippen LogP contribution in [0.3, 0.4) is 0 Å². The summed E-state index contributed by atoms with van der Waals surface area (Å²) in [5.74, 6) is 3.49. The number of aromatic nitrogens is 1. The second-order valence-electron chi connectivity index (χ2n) is 8.92. The summed E-state index contributed by atoms with van der Waals surface area (Å²) in [5, 5.41) is 0.835. The van der Waals surface area contributed by atoms with E-state index >= 15 is 0 Å². The quantitative estimate of drug-likeness (QED) is 0.297. The molecule has 1 aromatic heterocycles. The molecule has 3 aromatic rings. The highest BCUT2D eigenvalue weighted by atomic mass is 32.1. The van der Waals surface area contributed by atoms with Crippen LogP contribution in [-0.4, -0.2) is 29.9 Å². The molecule has 0 spiro atoms. The Labute approximate surface area is 206 Å². The molecule has 0 atom stereocenters. The number of carbonyl (C=O) groups is 1. The number of hydrogen-bond donors (Lipinski definition) is 0. The lowest BCUT2D eigenvalue weighted by molar-refractivity contribution is -0.119. The predicted octanol–water partition coefficient (Wildman–Crippen LogP) is 6.89. The summed E-state index contributed by atoms with van der Waals surface area (Å²) in [6.45, 7) is 0. The molecule has 5 nitrogen and oxygen atoms in total. The first-order valence-corrected chi connectivity index (χ1v) is 12.3. The summed E-state index contributed by atoms with van der Waals surface area (Å²) in [6.07, 6.45) is 9.62. The van der Waals surface area contributed by atoms with Crippen LogP contribution in [0.2, 0.25) is 0 Å². The average molecular weight is 478 g/mol. The number of pyridine rings is 1. The Morgan fingerprint density at radius 1 is 0.971 bits per heavy atom. The normalized spacial score (nSPS) is 14.1. The van der Waals surface area contributed by atoms with E-state index in [1.807, 2.05) is 42.5 Å². The first-order valence-electron chi connectivity index (χ1n) is 11.9. The van der Waals surface area contributed by atoms with Gasteiger partial charge in [-0.3, -0.25) is 9.78 Å². The Morgan fingerprint density at radius 3 is 2.38 bits per heavy atom. The van der Waals surface area contributed by atoms with E-state index in [0.29, 0.717) is 48.2 Å². The summed E-state index contributed by atoms with van der Waals surface area (Å²) in [5.41, 5.74) is 1.84. The van der Waals surface area contributed by atoms with Gasteiger partial charge in [-0.05, 0) is 35.7 Å². The van der Waals surface area contributed by atoms with Crippen molar-refractivity contribution in [2.24, 2.45) is 5.92 Å². The van der Waals surface area contributed by atoms with Crippen LogP contribution < -0.4 is 14.2 Å².